The van der Waals surface area contributed by atoms with E-state index < -0.39 is 0 Å². The number of methoxy groups -OCH3 is 1. The fourth-order valence-electron chi connectivity index (χ4n) is 1.90. The summed E-state index contributed by atoms with van der Waals surface area (Å²) in [7, 11) is 1.62. The van der Waals surface area contributed by atoms with E-state index in [4.69, 9.17) is 15.0 Å². The van der Waals surface area contributed by atoms with Crippen molar-refractivity contribution in [1.29, 1.82) is 0 Å². The first-order valence-corrected chi connectivity index (χ1v) is 6.40. The van der Waals surface area contributed by atoms with E-state index in [2.05, 4.69) is 10.1 Å². The highest BCUT2D eigenvalue weighted by molar-refractivity contribution is 5.63. The highest BCUT2D eigenvalue weighted by Gasteiger charge is 2.21. The Labute approximate surface area is 112 Å². The first kappa shape index (κ1) is 13.5. The molecule has 0 amide bonds. The van der Waals surface area contributed by atoms with E-state index in [1.54, 1.807) is 7.11 Å². The van der Waals surface area contributed by atoms with Crippen LogP contribution in [0, 0.1) is 0 Å². The lowest BCUT2D eigenvalue weighted by Crippen LogP contribution is -2.25. The average Bonchev–Trinajstić information content (AvgIpc) is 2.95. The zero-order valence-corrected chi connectivity index (χ0v) is 11.5. The topological polar surface area (TPSA) is 74.2 Å². The number of hydrogen-bond donors (Lipinski definition) is 1. The molecule has 1 aromatic carbocycles. The van der Waals surface area contributed by atoms with Gasteiger partial charge in [-0.3, -0.25) is 0 Å². The van der Waals surface area contributed by atoms with Gasteiger partial charge in [0.25, 0.3) is 0 Å². The zero-order chi connectivity index (χ0) is 13.8. The van der Waals surface area contributed by atoms with E-state index in [-0.39, 0.29) is 12.0 Å². The van der Waals surface area contributed by atoms with Gasteiger partial charge < -0.3 is 15.0 Å². The van der Waals surface area contributed by atoms with Crippen LogP contribution in [0.15, 0.2) is 28.8 Å². The van der Waals surface area contributed by atoms with Crippen LogP contribution < -0.4 is 10.5 Å². The Balaban J connectivity index is 2.30. The Morgan fingerprint density at radius 2 is 2.11 bits per heavy atom. The van der Waals surface area contributed by atoms with Crippen LogP contribution >= 0.6 is 0 Å². The second-order valence-electron chi connectivity index (χ2n) is 4.52. The predicted octanol–water partition coefficient (Wildman–Crippen LogP) is 2.59. The maximum absolute atomic E-state index is 6.00. The number of nitrogens with zero attached hydrogens (tertiary/aromatic N) is 2. The van der Waals surface area contributed by atoms with Gasteiger partial charge in [0.15, 0.2) is 0 Å². The highest BCUT2D eigenvalue weighted by atomic mass is 16.5. The lowest BCUT2D eigenvalue weighted by molar-refractivity contribution is 0.340. The number of nitrogens with two attached hydrogens (primary N) is 1. The quantitative estimate of drug-likeness (QED) is 0.895. The summed E-state index contributed by atoms with van der Waals surface area (Å²) in [6.45, 7) is 4.03. The summed E-state index contributed by atoms with van der Waals surface area (Å²) < 4.78 is 10.6. The molecule has 2 aromatic rings. The summed E-state index contributed by atoms with van der Waals surface area (Å²) >= 11 is 0. The predicted molar refractivity (Wildman–Crippen MR) is 73.0 cm³/mol. The van der Waals surface area contributed by atoms with Crippen LogP contribution in [0.5, 0.6) is 5.75 Å². The van der Waals surface area contributed by atoms with E-state index in [9.17, 15) is 0 Å². The summed E-state index contributed by atoms with van der Waals surface area (Å²) in [5.74, 6) is 1.86. The molecule has 1 aromatic heterocycles. The van der Waals surface area contributed by atoms with E-state index in [0.29, 0.717) is 11.7 Å². The van der Waals surface area contributed by atoms with Gasteiger partial charge in [0.2, 0.25) is 11.7 Å². The minimum Gasteiger partial charge on any atom is -0.496 e. The van der Waals surface area contributed by atoms with Gasteiger partial charge in [-0.25, -0.2) is 0 Å². The van der Waals surface area contributed by atoms with E-state index in [1.165, 1.54) is 0 Å². The minimum absolute atomic E-state index is 0.0194. The molecule has 0 aliphatic heterocycles. The minimum atomic E-state index is 0.0194. The Kier molecular flexibility index (Phi) is 4.16. The molecule has 5 heteroatoms. The zero-order valence-electron chi connectivity index (χ0n) is 11.5. The summed E-state index contributed by atoms with van der Waals surface area (Å²) in [5, 5.41) is 4.01. The number of rotatable bonds is 5. The van der Waals surface area contributed by atoms with Crippen LogP contribution in [-0.2, 0) is 0 Å². The Bertz CT molecular complexity index is 539. The molecule has 0 aliphatic carbocycles. The molecule has 0 fully saturated rings. The summed E-state index contributed by atoms with van der Waals surface area (Å²) in [5.41, 5.74) is 6.82. The van der Waals surface area contributed by atoms with Crippen LogP contribution in [0.1, 0.15) is 32.1 Å². The monoisotopic (exact) mass is 261 g/mol. The molecule has 0 aliphatic rings. The summed E-state index contributed by atoms with van der Waals surface area (Å²) in [6.07, 6.45) is 0.869. The normalized spacial score (nSPS) is 14.1. The molecular formula is C14H19N3O2. The van der Waals surface area contributed by atoms with Gasteiger partial charge in [0.1, 0.15) is 5.75 Å². The van der Waals surface area contributed by atoms with Crippen LogP contribution in [0.4, 0.5) is 0 Å². The molecule has 0 saturated carbocycles. The van der Waals surface area contributed by atoms with Gasteiger partial charge in [0.05, 0.1) is 18.6 Å². The largest absolute Gasteiger partial charge is 0.496 e. The third kappa shape index (κ3) is 2.76. The Hall–Kier alpha value is -1.88. The molecule has 1 heterocycles. The number of hydrogen-bond acceptors (Lipinski definition) is 5. The van der Waals surface area contributed by atoms with E-state index in [1.807, 2.05) is 38.1 Å². The fraction of sp³-hybridized carbons (Fsp3) is 0.429. The molecule has 2 rings (SSSR count). The van der Waals surface area contributed by atoms with Crippen LogP contribution in [0.3, 0.4) is 0 Å². The van der Waals surface area contributed by atoms with Crippen molar-refractivity contribution < 1.29 is 9.26 Å². The van der Waals surface area contributed by atoms with Gasteiger partial charge in [-0.05, 0) is 18.6 Å². The highest BCUT2D eigenvalue weighted by Crippen LogP contribution is 2.28. The lowest BCUT2D eigenvalue weighted by Gasteiger charge is -2.13. The van der Waals surface area contributed by atoms with Gasteiger partial charge in [-0.15, -0.1) is 0 Å². The number of aromatic nitrogens is 2. The molecule has 2 N–H and O–H groups in total. The Morgan fingerprint density at radius 1 is 1.37 bits per heavy atom. The SMILES string of the molecule is CCC(N)C(C)c1nc(-c2ccccc2OC)no1. The van der Waals surface area contributed by atoms with Crippen molar-refractivity contribution in [3.05, 3.63) is 30.2 Å². The van der Waals surface area contributed by atoms with Crippen molar-refractivity contribution in [2.45, 2.75) is 32.2 Å². The standard InChI is InChI=1S/C14H19N3O2/c1-4-11(15)9(2)14-16-13(17-19-14)10-7-5-6-8-12(10)18-3/h5-9,11H,4,15H2,1-3H3. The second kappa shape index (κ2) is 5.84. The molecule has 2 unspecified atom stereocenters. The third-order valence-electron chi connectivity index (χ3n) is 3.29. The van der Waals surface area contributed by atoms with Crippen LogP contribution in [-0.4, -0.2) is 23.3 Å². The van der Waals surface area contributed by atoms with Gasteiger partial charge in [-0.1, -0.05) is 31.1 Å². The van der Waals surface area contributed by atoms with Crippen LogP contribution in [0.2, 0.25) is 0 Å². The third-order valence-corrected chi connectivity index (χ3v) is 3.29. The van der Waals surface area contributed by atoms with Gasteiger partial charge in [-0.2, -0.15) is 4.98 Å². The molecule has 0 saturated heterocycles. The number of benzene rings is 1. The van der Waals surface area contributed by atoms with Crippen molar-refractivity contribution in [3.63, 3.8) is 0 Å². The smallest absolute Gasteiger partial charge is 0.231 e. The Morgan fingerprint density at radius 3 is 2.79 bits per heavy atom. The molecule has 102 valence electrons. The molecule has 0 radical (unpaired) electrons. The number of ether oxygens (including phenoxy) is 1. The van der Waals surface area contributed by atoms with Crippen molar-refractivity contribution in [2.24, 2.45) is 5.73 Å². The van der Waals surface area contributed by atoms with Crippen molar-refractivity contribution in [2.75, 3.05) is 7.11 Å². The van der Waals surface area contributed by atoms with E-state index >= 15 is 0 Å². The van der Waals surface area contributed by atoms with Crippen LogP contribution in [0.25, 0.3) is 11.4 Å². The maximum Gasteiger partial charge on any atom is 0.231 e. The molecule has 5 nitrogen and oxygen atoms in total. The molecule has 2 atom stereocenters. The molecular weight excluding hydrogens is 242 g/mol. The van der Waals surface area contributed by atoms with Gasteiger partial charge >= 0.3 is 0 Å². The first-order chi connectivity index (χ1) is 9.17. The van der Waals surface area contributed by atoms with Crippen molar-refractivity contribution in [1.82, 2.24) is 10.1 Å². The molecule has 0 bridgehead atoms. The maximum atomic E-state index is 6.00. The first-order valence-electron chi connectivity index (χ1n) is 6.40. The van der Waals surface area contributed by atoms with Crippen molar-refractivity contribution >= 4 is 0 Å². The van der Waals surface area contributed by atoms with E-state index in [0.717, 1.165) is 17.7 Å². The summed E-state index contributed by atoms with van der Waals surface area (Å²) in [4.78, 5) is 4.42. The lowest BCUT2D eigenvalue weighted by atomic mass is 10.0. The molecule has 19 heavy (non-hydrogen) atoms. The van der Waals surface area contributed by atoms with Crippen molar-refractivity contribution in [3.8, 4) is 17.1 Å². The molecule has 0 spiro atoms. The number of para-hydroxylation sites is 1. The second-order valence-corrected chi connectivity index (χ2v) is 4.52. The average molecular weight is 261 g/mol. The summed E-state index contributed by atoms with van der Waals surface area (Å²) in [6, 6.07) is 7.60. The van der Waals surface area contributed by atoms with Gasteiger partial charge in [0, 0.05) is 6.04 Å². The fourth-order valence-corrected chi connectivity index (χ4v) is 1.90.